The molecule has 0 bridgehead atoms. The summed E-state index contributed by atoms with van der Waals surface area (Å²) < 4.78 is 1.01. The van der Waals surface area contributed by atoms with Gasteiger partial charge in [0.2, 0.25) is 0 Å². The maximum Gasteiger partial charge on any atom is 0.158 e. The molecule has 1 aromatic heterocycles. The third kappa shape index (κ3) is 2.55. The number of aromatic nitrogens is 1. The van der Waals surface area contributed by atoms with Crippen LogP contribution in [0, 0.1) is 0 Å². The number of aromatic hydroxyl groups is 2. The maximum absolute atomic E-state index is 9.54. The molecule has 0 amide bonds. The van der Waals surface area contributed by atoms with Crippen molar-refractivity contribution in [3.8, 4) is 33.3 Å². The van der Waals surface area contributed by atoms with Gasteiger partial charge in [-0.15, -0.1) is 11.3 Å². The monoisotopic (exact) mass is 347 g/mol. The lowest BCUT2D eigenvalue weighted by Gasteiger charge is -2.00. The molecule has 0 aliphatic heterocycles. The van der Waals surface area contributed by atoms with E-state index in [0.717, 1.165) is 26.3 Å². The lowest BCUT2D eigenvalue weighted by Crippen LogP contribution is -1.80. The molecule has 0 saturated carbocycles. The average molecular weight is 348 g/mol. The molecule has 3 rings (SSSR count). The number of benzene rings is 2. The van der Waals surface area contributed by atoms with Crippen molar-refractivity contribution in [2.45, 2.75) is 0 Å². The van der Waals surface area contributed by atoms with Crippen molar-refractivity contribution in [3.63, 3.8) is 0 Å². The SMILES string of the molecule is Oc1ccc(-c2csc(-c3cccc(Br)c3)n2)cc1O. The van der Waals surface area contributed by atoms with E-state index in [1.165, 1.54) is 12.1 Å². The van der Waals surface area contributed by atoms with Crippen LogP contribution in [0.15, 0.2) is 52.3 Å². The zero-order valence-electron chi connectivity index (χ0n) is 10.2. The number of phenols is 2. The van der Waals surface area contributed by atoms with Crippen LogP contribution in [0.5, 0.6) is 11.5 Å². The van der Waals surface area contributed by atoms with Crippen LogP contribution in [-0.2, 0) is 0 Å². The van der Waals surface area contributed by atoms with Crippen LogP contribution >= 0.6 is 27.3 Å². The Morgan fingerprint density at radius 3 is 2.55 bits per heavy atom. The van der Waals surface area contributed by atoms with E-state index in [0.29, 0.717) is 0 Å². The quantitative estimate of drug-likeness (QED) is 0.663. The lowest BCUT2D eigenvalue weighted by atomic mass is 10.1. The first-order valence-electron chi connectivity index (χ1n) is 5.87. The Labute approximate surface area is 128 Å². The minimum Gasteiger partial charge on any atom is -0.504 e. The molecule has 0 saturated heterocycles. The van der Waals surface area contributed by atoms with Gasteiger partial charge in [0, 0.05) is 21.0 Å². The Kier molecular flexibility index (Phi) is 3.46. The zero-order chi connectivity index (χ0) is 14.1. The second kappa shape index (κ2) is 5.26. The van der Waals surface area contributed by atoms with Gasteiger partial charge in [0.05, 0.1) is 5.69 Å². The molecule has 0 aliphatic rings. The molecule has 0 unspecified atom stereocenters. The molecular formula is C15H10BrNO2S. The molecule has 0 radical (unpaired) electrons. The molecule has 20 heavy (non-hydrogen) atoms. The van der Waals surface area contributed by atoms with Crippen molar-refractivity contribution < 1.29 is 10.2 Å². The minimum atomic E-state index is -0.139. The van der Waals surface area contributed by atoms with Crippen LogP contribution in [-0.4, -0.2) is 15.2 Å². The van der Waals surface area contributed by atoms with Crippen molar-refractivity contribution in [2.75, 3.05) is 0 Å². The van der Waals surface area contributed by atoms with E-state index >= 15 is 0 Å². The fourth-order valence-electron chi connectivity index (χ4n) is 1.84. The Balaban J connectivity index is 1.99. The van der Waals surface area contributed by atoms with Crippen LogP contribution in [0.3, 0.4) is 0 Å². The molecule has 5 heteroatoms. The summed E-state index contributed by atoms with van der Waals surface area (Å²) >= 11 is 4.98. The van der Waals surface area contributed by atoms with Gasteiger partial charge in [-0.1, -0.05) is 28.1 Å². The number of hydrogen-bond acceptors (Lipinski definition) is 4. The van der Waals surface area contributed by atoms with Gasteiger partial charge in [-0.25, -0.2) is 4.98 Å². The van der Waals surface area contributed by atoms with Gasteiger partial charge in [-0.3, -0.25) is 0 Å². The Morgan fingerprint density at radius 1 is 0.950 bits per heavy atom. The van der Waals surface area contributed by atoms with Gasteiger partial charge in [-0.2, -0.15) is 0 Å². The largest absolute Gasteiger partial charge is 0.504 e. The number of thiazole rings is 1. The molecule has 0 fully saturated rings. The fraction of sp³-hybridized carbons (Fsp3) is 0. The number of halogens is 1. The summed E-state index contributed by atoms with van der Waals surface area (Å²) in [7, 11) is 0. The standard InChI is InChI=1S/C15H10BrNO2S/c16-11-3-1-2-10(6-11)15-17-12(8-20-15)9-4-5-13(18)14(19)7-9/h1-8,18-19H. The summed E-state index contributed by atoms with van der Waals surface area (Å²) in [6.45, 7) is 0. The van der Waals surface area contributed by atoms with E-state index in [4.69, 9.17) is 0 Å². The first-order chi connectivity index (χ1) is 9.63. The van der Waals surface area contributed by atoms with Crippen molar-refractivity contribution in [2.24, 2.45) is 0 Å². The Morgan fingerprint density at radius 2 is 1.80 bits per heavy atom. The van der Waals surface area contributed by atoms with Crippen LogP contribution in [0.1, 0.15) is 0 Å². The Bertz CT molecular complexity index is 770. The second-order valence-corrected chi connectivity index (χ2v) is 6.03. The molecule has 3 nitrogen and oxygen atoms in total. The molecule has 0 aliphatic carbocycles. The number of hydrogen-bond donors (Lipinski definition) is 2. The summed E-state index contributed by atoms with van der Waals surface area (Å²) in [6, 6.07) is 12.6. The summed E-state index contributed by atoms with van der Waals surface area (Å²) in [5.74, 6) is -0.268. The van der Waals surface area contributed by atoms with E-state index in [-0.39, 0.29) is 11.5 Å². The lowest BCUT2D eigenvalue weighted by molar-refractivity contribution is 0.404. The van der Waals surface area contributed by atoms with Gasteiger partial charge >= 0.3 is 0 Å². The highest BCUT2D eigenvalue weighted by molar-refractivity contribution is 9.10. The molecule has 3 aromatic rings. The summed E-state index contributed by atoms with van der Waals surface area (Å²) in [4.78, 5) is 4.57. The first-order valence-corrected chi connectivity index (χ1v) is 7.54. The summed E-state index contributed by atoms with van der Waals surface area (Å²) in [5, 5.41) is 21.7. The highest BCUT2D eigenvalue weighted by atomic mass is 79.9. The highest BCUT2D eigenvalue weighted by Gasteiger charge is 2.09. The van der Waals surface area contributed by atoms with Crippen LogP contribution < -0.4 is 0 Å². The molecule has 0 atom stereocenters. The van der Waals surface area contributed by atoms with E-state index in [9.17, 15) is 10.2 Å². The van der Waals surface area contributed by atoms with E-state index in [1.54, 1.807) is 17.4 Å². The molecule has 100 valence electrons. The smallest absolute Gasteiger partial charge is 0.158 e. The molecule has 2 aromatic carbocycles. The van der Waals surface area contributed by atoms with Crippen LogP contribution in [0.25, 0.3) is 21.8 Å². The maximum atomic E-state index is 9.54. The highest BCUT2D eigenvalue weighted by Crippen LogP contribution is 2.33. The van der Waals surface area contributed by atoms with Crippen molar-refractivity contribution in [1.29, 1.82) is 0 Å². The van der Waals surface area contributed by atoms with Crippen LogP contribution in [0.4, 0.5) is 0 Å². The van der Waals surface area contributed by atoms with Crippen LogP contribution in [0.2, 0.25) is 0 Å². The normalized spacial score (nSPS) is 10.7. The zero-order valence-corrected chi connectivity index (χ0v) is 12.6. The van der Waals surface area contributed by atoms with Gasteiger partial charge in [-0.05, 0) is 30.3 Å². The van der Waals surface area contributed by atoms with E-state index < -0.39 is 0 Å². The van der Waals surface area contributed by atoms with Crippen molar-refractivity contribution >= 4 is 27.3 Å². The summed E-state index contributed by atoms with van der Waals surface area (Å²) in [6.07, 6.45) is 0. The van der Waals surface area contributed by atoms with Crippen molar-refractivity contribution in [1.82, 2.24) is 4.98 Å². The molecular weight excluding hydrogens is 338 g/mol. The van der Waals surface area contributed by atoms with Crippen molar-refractivity contribution in [3.05, 3.63) is 52.3 Å². The number of rotatable bonds is 2. The fourth-order valence-corrected chi connectivity index (χ4v) is 3.07. The number of nitrogens with zero attached hydrogens (tertiary/aromatic N) is 1. The van der Waals surface area contributed by atoms with Gasteiger partial charge in [0.15, 0.2) is 11.5 Å². The van der Waals surface area contributed by atoms with E-state index in [2.05, 4.69) is 20.9 Å². The first kappa shape index (κ1) is 13.1. The minimum absolute atomic E-state index is 0.129. The topological polar surface area (TPSA) is 53.4 Å². The van der Waals surface area contributed by atoms with E-state index in [1.807, 2.05) is 29.6 Å². The second-order valence-electron chi connectivity index (χ2n) is 4.25. The molecule has 2 N–H and O–H groups in total. The van der Waals surface area contributed by atoms with Gasteiger partial charge in [0.1, 0.15) is 5.01 Å². The molecule has 0 spiro atoms. The van der Waals surface area contributed by atoms with Gasteiger partial charge in [0.25, 0.3) is 0 Å². The third-order valence-corrected chi connectivity index (χ3v) is 4.23. The molecule has 1 heterocycles. The van der Waals surface area contributed by atoms with Gasteiger partial charge < -0.3 is 10.2 Å². The predicted octanol–water partition coefficient (Wildman–Crippen LogP) is 4.65. The number of phenolic OH excluding ortho intramolecular Hbond substituents is 2. The third-order valence-electron chi connectivity index (χ3n) is 2.85. The average Bonchev–Trinajstić information content (AvgIpc) is 2.92. The predicted molar refractivity (Wildman–Crippen MR) is 84.0 cm³/mol. The Hall–Kier alpha value is -1.85. The summed E-state index contributed by atoms with van der Waals surface area (Å²) in [5.41, 5.74) is 2.59.